The number of benzene rings is 2. The van der Waals surface area contributed by atoms with E-state index in [1.807, 2.05) is 30.3 Å². The molecule has 12 nitrogen and oxygen atoms in total. The molecule has 5 N–H and O–H groups in total. The van der Waals surface area contributed by atoms with Gasteiger partial charge in [-0.2, -0.15) is 10.4 Å². The summed E-state index contributed by atoms with van der Waals surface area (Å²) in [6.45, 7) is 9.02. The van der Waals surface area contributed by atoms with Crippen molar-refractivity contribution in [2.75, 3.05) is 42.6 Å². The molecule has 0 bridgehead atoms. The highest BCUT2D eigenvalue weighted by Gasteiger charge is 2.23. The minimum absolute atomic E-state index is 0.112. The number of aromatic nitrogens is 1. The molecule has 44 heavy (non-hydrogen) atoms. The van der Waals surface area contributed by atoms with Crippen molar-refractivity contribution in [2.45, 2.75) is 57.3 Å². The van der Waals surface area contributed by atoms with Crippen LogP contribution in [0.3, 0.4) is 0 Å². The summed E-state index contributed by atoms with van der Waals surface area (Å²) in [5, 5.41) is 54.5. The predicted molar refractivity (Wildman–Crippen MR) is 171 cm³/mol. The SMILES string of the molecule is Cc1c(C#N)c(NCC(C)O)nc(Nc2ccccc2)c1/N=N/c1ccc(S(=O)(=O)CCN(CC(C)O)CC(C)(C)O)cc1. The quantitative estimate of drug-likeness (QED) is 0.152. The molecule has 236 valence electrons. The molecular weight excluding hydrogens is 582 g/mol. The van der Waals surface area contributed by atoms with Crippen LogP contribution in [-0.4, -0.2) is 83.4 Å². The van der Waals surface area contributed by atoms with Crippen molar-refractivity contribution >= 4 is 38.5 Å². The van der Waals surface area contributed by atoms with Gasteiger partial charge < -0.3 is 26.0 Å². The molecule has 13 heteroatoms. The molecule has 2 unspecified atom stereocenters. The van der Waals surface area contributed by atoms with E-state index in [1.54, 1.807) is 39.5 Å². The molecule has 0 aliphatic carbocycles. The molecule has 1 heterocycles. The van der Waals surface area contributed by atoms with Gasteiger partial charge in [0.2, 0.25) is 0 Å². The normalized spacial score (nSPS) is 13.5. The maximum absolute atomic E-state index is 13.1. The molecule has 1 aromatic heterocycles. The fraction of sp³-hybridized carbons (Fsp3) is 0.419. The van der Waals surface area contributed by atoms with Crippen LogP contribution in [0.25, 0.3) is 0 Å². The van der Waals surface area contributed by atoms with Crippen molar-refractivity contribution in [2.24, 2.45) is 10.2 Å². The van der Waals surface area contributed by atoms with Gasteiger partial charge in [0, 0.05) is 37.4 Å². The number of sulfone groups is 1. The van der Waals surface area contributed by atoms with E-state index >= 15 is 0 Å². The summed E-state index contributed by atoms with van der Waals surface area (Å²) < 4.78 is 26.1. The Balaban J connectivity index is 1.87. The van der Waals surface area contributed by atoms with Gasteiger partial charge in [0.15, 0.2) is 15.7 Å². The number of nitrogens with zero attached hydrogens (tertiary/aromatic N) is 5. The Hall–Kier alpha value is -3.93. The molecule has 0 fully saturated rings. The summed E-state index contributed by atoms with van der Waals surface area (Å²) in [5.41, 5.74) is 1.19. The Labute approximate surface area is 259 Å². The molecule has 3 aromatic rings. The summed E-state index contributed by atoms with van der Waals surface area (Å²) in [7, 11) is -3.66. The molecule has 0 radical (unpaired) electrons. The van der Waals surface area contributed by atoms with Crippen LogP contribution in [-0.2, 0) is 9.84 Å². The zero-order chi connectivity index (χ0) is 32.5. The lowest BCUT2D eigenvalue weighted by Gasteiger charge is -2.29. The van der Waals surface area contributed by atoms with Gasteiger partial charge in [0.25, 0.3) is 0 Å². The van der Waals surface area contributed by atoms with Crippen LogP contribution >= 0.6 is 0 Å². The Morgan fingerprint density at radius 1 is 1.02 bits per heavy atom. The molecule has 0 saturated heterocycles. The number of azo groups is 1. The van der Waals surface area contributed by atoms with E-state index in [-0.39, 0.29) is 42.4 Å². The van der Waals surface area contributed by atoms with Crippen LogP contribution in [0.2, 0.25) is 0 Å². The van der Waals surface area contributed by atoms with Crippen molar-refractivity contribution in [3.63, 3.8) is 0 Å². The van der Waals surface area contributed by atoms with Gasteiger partial charge >= 0.3 is 0 Å². The van der Waals surface area contributed by atoms with Crippen LogP contribution in [0.4, 0.5) is 28.7 Å². The van der Waals surface area contributed by atoms with E-state index in [0.29, 0.717) is 28.6 Å². The lowest BCUT2D eigenvalue weighted by Crippen LogP contribution is -2.43. The third kappa shape index (κ3) is 10.4. The highest BCUT2D eigenvalue weighted by molar-refractivity contribution is 7.91. The number of rotatable bonds is 15. The maximum atomic E-state index is 13.1. The third-order valence-electron chi connectivity index (χ3n) is 6.40. The summed E-state index contributed by atoms with van der Waals surface area (Å²) in [5.74, 6) is 0.451. The van der Waals surface area contributed by atoms with Gasteiger partial charge in [-0.15, -0.1) is 5.11 Å². The third-order valence-corrected chi connectivity index (χ3v) is 8.11. The van der Waals surface area contributed by atoms with Gasteiger partial charge in [-0.3, -0.25) is 4.90 Å². The Kier molecular flexibility index (Phi) is 11.9. The van der Waals surface area contributed by atoms with Crippen molar-refractivity contribution < 1.29 is 23.7 Å². The van der Waals surface area contributed by atoms with Crippen LogP contribution < -0.4 is 10.6 Å². The number of anilines is 3. The smallest absolute Gasteiger partial charge is 0.179 e. The zero-order valence-corrected chi connectivity index (χ0v) is 26.5. The second kappa shape index (κ2) is 15.2. The molecule has 0 aliphatic heterocycles. The van der Waals surface area contributed by atoms with E-state index < -0.39 is 27.6 Å². The summed E-state index contributed by atoms with van der Waals surface area (Å²) in [6.07, 6.45) is -1.33. The van der Waals surface area contributed by atoms with E-state index in [0.717, 1.165) is 5.69 Å². The van der Waals surface area contributed by atoms with Crippen LogP contribution in [0.15, 0.2) is 69.7 Å². The van der Waals surface area contributed by atoms with E-state index in [1.165, 1.54) is 24.3 Å². The van der Waals surface area contributed by atoms with Crippen LogP contribution in [0, 0.1) is 18.3 Å². The number of hydrogen-bond acceptors (Lipinski definition) is 12. The van der Waals surface area contributed by atoms with E-state index in [2.05, 4.69) is 31.9 Å². The minimum Gasteiger partial charge on any atom is -0.392 e. The van der Waals surface area contributed by atoms with Gasteiger partial charge in [-0.25, -0.2) is 13.4 Å². The Bertz CT molecular complexity index is 1560. The van der Waals surface area contributed by atoms with Gasteiger partial charge in [0.05, 0.1) is 39.7 Å². The number of aliphatic hydroxyl groups is 3. The first kappa shape index (κ1) is 34.6. The lowest BCUT2D eigenvalue weighted by molar-refractivity contribution is 0.0236. The molecule has 2 atom stereocenters. The van der Waals surface area contributed by atoms with Crippen molar-refractivity contribution in [1.82, 2.24) is 9.88 Å². The fourth-order valence-electron chi connectivity index (χ4n) is 4.42. The minimum atomic E-state index is -3.66. The van der Waals surface area contributed by atoms with Crippen LogP contribution in [0.5, 0.6) is 0 Å². The fourth-order valence-corrected chi connectivity index (χ4v) is 5.71. The first-order chi connectivity index (χ1) is 20.7. The average Bonchev–Trinajstić information content (AvgIpc) is 2.94. The van der Waals surface area contributed by atoms with Gasteiger partial charge in [-0.05, 0) is 71.0 Å². The first-order valence-electron chi connectivity index (χ1n) is 14.2. The van der Waals surface area contributed by atoms with E-state index in [9.17, 15) is 29.0 Å². The molecule has 0 spiro atoms. The average molecular weight is 624 g/mol. The van der Waals surface area contributed by atoms with E-state index in [4.69, 9.17) is 0 Å². The zero-order valence-electron chi connectivity index (χ0n) is 25.7. The topological polar surface area (TPSA) is 184 Å². The summed E-state index contributed by atoms with van der Waals surface area (Å²) in [6, 6.07) is 17.4. The van der Waals surface area contributed by atoms with Gasteiger partial charge in [-0.1, -0.05) is 18.2 Å². The number of para-hydroxylation sites is 1. The number of nitrogens with one attached hydrogen (secondary N) is 2. The van der Waals surface area contributed by atoms with Crippen molar-refractivity contribution in [3.8, 4) is 6.07 Å². The number of aliphatic hydroxyl groups excluding tert-OH is 2. The number of hydrogen-bond donors (Lipinski definition) is 5. The molecule has 3 rings (SSSR count). The molecule has 0 saturated carbocycles. The Morgan fingerprint density at radius 3 is 2.25 bits per heavy atom. The maximum Gasteiger partial charge on any atom is 0.179 e. The van der Waals surface area contributed by atoms with Crippen LogP contribution in [0.1, 0.15) is 38.8 Å². The molecular formula is C31H41N7O5S. The molecule has 0 aliphatic rings. The predicted octanol–water partition coefficient (Wildman–Crippen LogP) is 4.44. The standard InChI is InChI=1S/C31H41N7O5S/c1-21(39)18-33-29-27(17-32)23(3)28(30(35-29)34-24-9-7-6-8-10-24)37-36-25-11-13-26(14-12-25)44(42,43)16-15-38(19-22(2)40)20-31(4,5)41/h6-14,21-22,39-41H,15-16,18-20H2,1-5H3,(H2,33,34,35)/b37-36+. The monoisotopic (exact) mass is 623 g/mol. The number of nitriles is 1. The molecule has 0 amide bonds. The molecule has 2 aromatic carbocycles. The first-order valence-corrected chi connectivity index (χ1v) is 15.9. The summed E-state index contributed by atoms with van der Waals surface area (Å²) >= 11 is 0. The largest absolute Gasteiger partial charge is 0.392 e. The number of pyridine rings is 1. The van der Waals surface area contributed by atoms with Gasteiger partial charge in [0.1, 0.15) is 17.6 Å². The van der Waals surface area contributed by atoms with Crippen molar-refractivity contribution in [3.05, 3.63) is 65.7 Å². The highest BCUT2D eigenvalue weighted by atomic mass is 32.2. The lowest BCUT2D eigenvalue weighted by atomic mass is 10.1. The second-order valence-electron chi connectivity index (χ2n) is 11.4. The summed E-state index contributed by atoms with van der Waals surface area (Å²) in [4.78, 5) is 6.42. The van der Waals surface area contributed by atoms with Crippen molar-refractivity contribution in [1.29, 1.82) is 5.26 Å². The second-order valence-corrected chi connectivity index (χ2v) is 13.5. The highest BCUT2D eigenvalue weighted by Crippen LogP contribution is 2.36. The Morgan fingerprint density at radius 2 is 1.68 bits per heavy atom.